The first kappa shape index (κ1) is 63.3. The van der Waals surface area contributed by atoms with Crippen LogP contribution in [0.1, 0.15) is 47.2 Å². The van der Waals surface area contributed by atoms with E-state index in [4.69, 9.17) is 50.6 Å². The monoisotopic (exact) mass is 1130 g/mol. The van der Waals surface area contributed by atoms with E-state index in [0.29, 0.717) is 48.5 Å². The highest BCUT2D eigenvalue weighted by molar-refractivity contribution is 5.76. The molecule has 0 radical (unpaired) electrons. The van der Waals surface area contributed by atoms with Crippen molar-refractivity contribution in [3.05, 3.63) is 191 Å². The lowest BCUT2D eigenvalue weighted by Gasteiger charge is -2.38. The fourth-order valence-electron chi connectivity index (χ4n) is 7.81. The lowest BCUT2D eigenvalue weighted by Crippen LogP contribution is -2.54. The zero-order valence-corrected chi connectivity index (χ0v) is 43.0. The fourth-order valence-corrected chi connectivity index (χ4v) is 7.81. The molecule has 0 saturated carbocycles. The molecule has 0 aliphatic rings. The number of rotatable bonds is 6. The van der Waals surface area contributed by atoms with Crippen LogP contribution in [-0.4, -0.2) is 22.6 Å². The number of phenols is 2. The Morgan fingerprint density at radius 1 is 0.338 bits per heavy atom. The Labute approximate surface area is 452 Å². The van der Waals surface area contributed by atoms with Crippen molar-refractivity contribution in [2.45, 2.75) is 57.8 Å². The van der Waals surface area contributed by atoms with Crippen molar-refractivity contribution >= 4 is 45.5 Å². The van der Waals surface area contributed by atoms with E-state index in [1.807, 2.05) is 62.4 Å². The second kappa shape index (κ2) is 25.5. The normalized spacial score (nSPS) is 11.5. The second-order valence-corrected chi connectivity index (χ2v) is 17.3. The van der Waals surface area contributed by atoms with Crippen LogP contribution in [0.5, 0.6) is 23.0 Å². The van der Waals surface area contributed by atoms with Crippen molar-refractivity contribution < 1.29 is 67.6 Å². The zero-order valence-electron chi connectivity index (χ0n) is 43.0. The Morgan fingerprint density at radius 2 is 0.613 bits per heavy atom. The third-order valence-corrected chi connectivity index (χ3v) is 11.5. The summed E-state index contributed by atoms with van der Waals surface area (Å²) in [7, 11) is 0. The summed E-state index contributed by atoms with van der Waals surface area (Å²) in [5.74, 6) is 0.197. The summed E-state index contributed by atoms with van der Waals surface area (Å²) in [6.45, 7) is 8.14. The summed E-state index contributed by atoms with van der Waals surface area (Å²) in [6, 6.07) is 34.8. The van der Waals surface area contributed by atoms with E-state index in [-0.39, 0.29) is 11.4 Å². The number of halogens is 12. The predicted molar refractivity (Wildman–Crippen MR) is 292 cm³/mol. The second-order valence-electron chi connectivity index (χ2n) is 17.3. The number of nitrogen functional groups attached to an aromatic ring is 8. The van der Waals surface area contributed by atoms with E-state index in [9.17, 15) is 62.9 Å². The smallest absolute Gasteiger partial charge is 0.417 e. The van der Waals surface area contributed by atoms with Gasteiger partial charge in [0.15, 0.2) is 0 Å². The fraction of sp³-hybridized carbons (Fsp3) is 0.158. The first-order chi connectivity index (χ1) is 37.1. The molecule has 80 heavy (non-hydrogen) atoms. The van der Waals surface area contributed by atoms with Gasteiger partial charge in [-0.25, -0.2) is 0 Å². The molecule has 0 fully saturated rings. The zero-order chi connectivity index (χ0) is 60.3. The minimum atomic E-state index is -5.82. The van der Waals surface area contributed by atoms with Crippen LogP contribution in [0.2, 0.25) is 0 Å². The molecule has 0 unspecified atom stereocenters. The van der Waals surface area contributed by atoms with Crippen molar-refractivity contribution in [1.29, 1.82) is 0 Å². The first-order valence-electron chi connectivity index (χ1n) is 23.5. The SMILES string of the molecule is CC.Cc1cc(N)ccc1-c1ccc(N)cc1C.Nc1cc(C(c2ccc(O)c(N)c2)(C(F)(F)F)C(F)(F)F)ccc1O.Nc1ccc(-c2ccc(N)cc2C(F)(F)F)c(C(F)(F)F)c1.Nc1ccc(Oc2ccc(N)cc2)cc1. The van der Waals surface area contributed by atoms with Crippen molar-refractivity contribution in [3.63, 3.8) is 0 Å². The molecule has 0 bridgehead atoms. The van der Waals surface area contributed by atoms with Crippen LogP contribution in [-0.2, 0) is 17.8 Å². The topological polar surface area (TPSA) is 258 Å². The highest BCUT2D eigenvalue weighted by atomic mass is 19.4. The molecule has 0 saturated heterocycles. The summed E-state index contributed by atoms with van der Waals surface area (Å²) in [6.07, 6.45) is -21.3. The number of aromatic hydroxyl groups is 2. The summed E-state index contributed by atoms with van der Waals surface area (Å²) in [5, 5.41) is 18.7. The molecule has 8 rings (SSSR count). The van der Waals surface area contributed by atoms with Crippen LogP contribution in [0.3, 0.4) is 0 Å². The minimum Gasteiger partial charge on any atom is -0.506 e. The molecule has 11 nitrogen and oxygen atoms in total. The van der Waals surface area contributed by atoms with Gasteiger partial charge in [-0.2, -0.15) is 52.7 Å². The molecule has 8 aromatic rings. The Balaban J connectivity index is 0.000000231. The Hall–Kier alpha value is -9.28. The molecule has 18 N–H and O–H groups in total. The molecule has 0 amide bonds. The molecular formula is C57H56F12N8O3. The number of hydrogen-bond donors (Lipinski definition) is 10. The number of benzene rings is 8. The maximum absolute atomic E-state index is 13.8. The molecule has 0 aliphatic heterocycles. The van der Waals surface area contributed by atoms with Crippen LogP contribution in [0.4, 0.5) is 98.2 Å². The quantitative estimate of drug-likeness (QED) is 0.0425. The molecule has 23 heteroatoms. The summed E-state index contributed by atoms with van der Waals surface area (Å²) in [4.78, 5) is 0. The molecule has 0 heterocycles. The minimum absolute atomic E-state index is 0.194. The van der Waals surface area contributed by atoms with E-state index >= 15 is 0 Å². The number of aryl methyl sites for hydroxylation is 2. The Morgan fingerprint density at radius 3 is 0.875 bits per heavy atom. The molecular weight excluding hydrogens is 1070 g/mol. The van der Waals surface area contributed by atoms with Gasteiger partial charge in [0.25, 0.3) is 0 Å². The number of hydrogen-bond acceptors (Lipinski definition) is 11. The van der Waals surface area contributed by atoms with Crippen LogP contribution >= 0.6 is 0 Å². The average Bonchev–Trinajstić information content (AvgIpc) is 3.41. The Kier molecular flexibility index (Phi) is 20.1. The van der Waals surface area contributed by atoms with Gasteiger partial charge in [0.1, 0.15) is 23.0 Å². The predicted octanol–water partition coefficient (Wildman–Crippen LogP) is 15.0. The lowest BCUT2D eigenvalue weighted by molar-refractivity contribution is -0.288. The van der Waals surface area contributed by atoms with Gasteiger partial charge in [-0.1, -0.05) is 50.2 Å². The first-order valence-corrected chi connectivity index (χ1v) is 23.5. The van der Waals surface area contributed by atoms with Gasteiger partial charge in [0.2, 0.25) is 5.41 Å². The standard InChI is InChI=1S/C15H12F6N2O2.C14H10F6N2.C14H16N2.C12H12N2O.C2H6/c16-14(17,18)13(15(19,20)21,7-1-3-11(24)9(22)5-7)8-2-4-12(25)10(23)6-8;15-13(16,17)11-5-7(21)1-3-9(11)10-4-2-8(22)6-12(10)14(18,19)20;1-9-7-11(15)3-5-13(9)14-6-4-12(16)8-10(14)2;13-9-1-5-11(6-2-9)15-12-7-3-10(14)4-8-12;1-2/h1-6,24-25H,22-23H2;1-6H,21-22H2;3-8H,15-16H2,1-2H3;1-8H,13-14H2;1-2H3. The third-order valence-electron chi connectivity index (χ3n) is 11.5. The van der Waals surface area contributed by atoms with Crippen molar-refractivity contribution in [2.75, 3.05) is 45.9 Å². The van der Waals surface area contributed by atoms with Crippen LogP contribution in [0.25, 0.3) is 22.3 Å². The van der Waals surface area contributed by atoms with Crippen molar-refractivity contribution in [1.82, 2.24) is 0 Å². The number of alkyl halides is 12. The van der Waals surface area contributed by atoms with Gasteiger partial charge >= 0.3 is 24.7 Å². The van der Waals surface area contributed by atoms with E-state index in [1.165, 1.54) is 22.3 Å². The van der Waals surface area contributed by atoms with Crippen LogP contribution in [0, 0.1) is 13.8 Å². The largest absolute Gasteiger partial charge is 0.506 e. The van der Waals surface area contributed by atoms with Crippen molar-refractivity contribution in [2.24, 2.45) is 0 Å². The van der Waals surface area contributed by atoms with Gasteiger partial charge in [0.05, 0.1) is 22.5 Å². The summed E-state index contributed by atoms with van der Waals surface area (Å²) < 4.78 is 167. The Bertz CT molecular complexity index is 3140. The molecule has 0 spiro atoms. The number of nitrogens with two attached hydrogens (primary N) is 8. The highest BCUT2D eigenvalue weighted by Crippen LogP contribution is 2.57. The van der Waals surface area contributed by atoms with Gasteiger partial charge in [0, 0.05) is 34.1 Å². The van der Waals surface area contributed by atoms with E-state index in [2.05, 4.69) is 26.0 Å². The van der Waals surface area contributed by atoms with Crippen molar-refractivity contribution in [3.8, 4) is 45.3 Å². The number of ether oxygens (including phenoxy) is 1. The van der Waals surface area contributed by atoms with E-state index in [0.717, 1.165) is 58.5 Å². The van der Waals surface area contributed by atoms with Crippen LogP contribution in [0.15, 0.2) is 158 Å². The molecule has 0 aromatic heterocycles. The molecule has 0 aliphatic carbocycles. The van der Waals surface area contributed by atoms with Gasteiger partial charge in [-0.05, 0) is 180 Å². The maximum atomic E-state index is 13.8. The average molecular weight is 1130 g/mol. The van der Waals surface area contributed by atoms with Gasteiger partial charge < -0.3 is 60.8 Å². The van der Waals surface area contributed by atoms with Gasteiger partial charge in [-0.15, -0.1) is 0 Å². The summed E-state index contributed by atoms with van der Waals surface area (Å²) >= 11 is 0. The van der Waals surface area contributed by atoms with Gasteiger partial charge in [-0.3, -0.25) is 0 Å². The van der Waals surface area contributed by atoms with E-state index in [1.54, 1.807) is 24.3 Å². The van der Waals surface area contributed by atoms with Crippen LogP contribution < -0.4 is 50.6 Å². The summed E-state index contributed by atoms with van der Waals surface area (Å²) in [5.41, 5.74) is 39.4. The lowest BCUT2D eigenvalue weighted by atomic mass is 9.72. The maximum Gasteiger partial charge on any atom is 0.417 e. The molecule has 8 aromatic carbocycles. The molecule has 426 valence electrons. The number of phenolic OH excluding ortho intramolecular Hbond substituents is 2. The highest BCUT2D eigenvalue weighted by Gasteiger charge is 2.72. The number of anilines is 8. The third kappa shape index (κ3) is 15.5. The van der Waals surface area contributed by atoms with E-state index < -0.39 is 86.4 Å². The molecule has 0 atom stereocenters.